The van der Waals surface area contributed by atoms with E-state index in [2.05, 4.69) is 17.2 Å². The SMILES string of the molecule is C=C(C)C(/C=C\NC)=C\C(=C/C)NC(=O)CCN.CC.Cc1ccc(C(=O)OCc2ccccc2)c(C)c1. The topological polar surface area (TPSA) is 93.5 Å². The third-order valence-corrected chi connectivity index (χ3v) is 5.01. The fourth-order valence-electron chi connectivity index (χ4n) is 3.04. The Morgan fingerprint density at radius 1 is 1.08 bits per heavy atom. The van der Waals surface area contributed by atoms with Crippen LogP contribution in [0.25, 0.3) is 0 Å². The van der Waals surface area contributed by atoms with Gasteiger partial charge in [-0.25, -0.2) is 4.79 Å². The van der Waals surface area contributed by atoms with Crippen LogP contribution in [-0.4, -0.2) is 25.5 Å². The van der Waals surface area contributed by atoms with Crippen LogP contribution in [-0.2, 0) is 16.1 Å². The van der Waals surface area contributed by atoms with Gasteiger partial charge in [-0.15, -0.1) is 0 Å². The molecule has 0 aliphatic carbocycles. The normalized spacial score (nSPS) is 10.9. The summed E-state index contributed by atoms with van der Waals surface area (Å²) in [7, 11) is 1.83. The summed E-state index contributed by atoms with van der Waals surface area (Å²) in [5.41, 5.74) is 11.7. The molecule has 0 radical (unpaired) electrons. The Morgan fingerprint density at radius 3 is 2.26 bits per heavy atom. The quantitative estimate of drug-likeness (QED) is 0.254. The van der Waals surface area contributed by atoms with Crippen LogP contribution >= 0.6 is 0 Å². The number of hydrogen-bond donors (Lipinski definition) is 3. The molecule has 0 aromatic heterocycles. The van der Waals surface area contributed by atoms with Crippen LogP contribution in [0.1, 0.15) is 61.2 Å². The minimum absolute atomic E-state index is 0.0829. The van der Waals surface area contributed by atoms with E-state index >= 15 is 0 Å². The summed E-state index contributed by atoms with van der Waals surface area (Å²) in [5, 5.41) is 5.72. The number of carbonyl (C=O) groups excluding carboxylic acids is 2. The number of allylic oxidation sites excluding steroid dienone is 5. The molecule has 0 bridgehead atoms. The molecule has 0 aliphatic rings. The van der Waals surface area contributed by atoms with Crippen molar-refractivity contribution < 1.29 is 14.3 Å². The van der Waals surface area contributed by atoms with Crippen molar-refractivity contribution in [3.8, 4) is 0 Å². The van der Waals surface area contributed by atoms with E-state index in [9.17, 15) is 9.59 Å². The molecular weight excluding hydrogens is 474 g/mol. The number of ether oxygens (including phenoxy) is 1. The zero-order valence-corrected chi connectivity index (χ0v) is 24.1. The summed E-state index contributed by atoms with van der Waals surface area (Å²) in [5.74, 6) is -0.350. The van der Waals surface area contributed by atoms with Gasteiger partial charge in [-0.1, -0.05) is 80.1 Å². The Bertz CT molecular complexity index is 1100. The molecular formula is C32H45N3O3. The van der Waals surface area contributed by atoms with E-state index in [0.717, 1.165) is 33.5 Å². The molecule has 0 aliphatic heterocycles. The van der Waals surface area contributed by atoms with Crippen molar-refractivity contribution in [2.24, 2.45) is 5.73 Å². The molecule has 0 spiro atoms. The summed E-state index contributed by atoms with van der Waals surface area (Å²) in [6, 6.07) is 15.4. The van der Waals surface area contributed by atoms with E-state index in [1.807, 2.05) is 122 Å². The van der Waals surface area contributed by atoms with Crippen LogP contribution in [0.15, 0.2) is 96.4 Å². The molecule has 0 saturated carbocycles. The first-order valence-corrected chi connectivity index (χ1v) is 12.9. The molecule has 2 rings (SSSR count). The number of rotatable bonds is 10. The monoisotopic (exact) mass is 519 g/mol. The molecule has 0 unspecified atom stereocenters. The molecule has 2 aromatic rings. The maximum Gasteiger partial charge on any atom is 0.338 e. The zero-order valence-electron chi connectivity index (χ0n) is 24.1. The Hall–Kier alpha value is -3.90. The molecule has 0 atom stereocenters. The summed E-state index contributed by atoms with van der Waals surface area (Å²) >= 11 is 0. The van der Waals surface area contributed by atoms with Gasteiger partial charge in [0.2, 0.25) is 5.91 Å². The van der Waals surface area contributed by atoms with Gasteiger partial charge in [0.05, 0.1) is 5.56 Å². The van der Waals surface area contributed by atoms with Gasteiger partial charge in [-0.2, -0.15) is 0 Å². The summed E-state index contributed by atoms with van der Waals surface area (Å²) in [6.45, 7) is 16.3. The van der Waals surface area contributed by atoms with Crippen molar-refractivity contribution in [2.45, 2.75) is 54.6 Å². The third-order valence-electron chi connectivity index (χ3n) is 5.01. The average Bonchev–Trinajstić information content (AvgIpc) is 2.91. The molecule has 206 valence electrons. The number of amides is 1. The van der Waals surface area contributed by atoms with Crippen molar-refractivity contribution >= 4 is 11.9 Å². The second-order valence-electron chi connectivity index (χ2n) is 8.21. The van der Waals surface area contributed by atoms with E-state index in [1.54, 1.807) is 0 Å². The lowest BCUT2D eigenvalue weighted by molar-refractivity contribution is -0.120. The lowest BCUT2D eigenvalue weighted by atomic mass is 10.1. The Labute approximate surface area is 229 Å². The Morgan fingerprint density at radius 2 is 1.74 bits per heavy atom. The van der Waals surface area contributed by atoms with Crippen LogP contribution in [0, 0.1) is 13.8 Å². The standard InChI is InChI=1S/C16H16O2.C14H23N3O.C2H6/c1-12-8-9-15(13(2)10-12)16(17)18-11-14-6-4-3-5-7-14;1-5-13(17-14(18)6-8-15)10-12(11(2)3)7-9-16-4;1-2/h3-10H,11H2,1-2H3;5,7,9-10,16H,2,6,8,15H2,1,3-4H3,(H,17,18);1-2H3/b;9-7-,12-10-,13-5+;. The number of carbonyl (C=O) groups is 2. The van der Waals surface area contributed by atoms with E-state index in [-0.39, 0.29) is 11.9 Å². The van der Waals surface area contributed by atoms with Crippen molar-refractivity contribution in [1.29, 1.82) is 0 Å². The first kappa shape index (κ1) is 34.1. The zero-order chi connectivity index (χ0) is 28.9. The predicted octanol–water partition coefficient (Wildman–Crippen LogP) is 6.28. The summed E-state index contributed by atoms with van der Waals surface area (Å²) in [6.07, 6.45) is 7.76. The van der Waals surface area contributed by atoms with Gasteiger partial charge in [0.1, 0.15) is 6.61 Å². The van der Waals surface area contributed by atoms with Gasteiger partial charge < -0.3 is 21.1 Å². The maximum absolute atomic E-state index is 11.9. The Balaban J connectivity index is 0.000000676. The van der Waals surface area contributed by atoms with Crippen molar-refractivity contribution in [3.05, 3.63) is 119 Å². The second kappa shape index (κ2) is 20.2. The minimum Gasteiger partial charge on any atom is -0.457 e. The molecule has 0 fully saturated rings. The van der Waals surface area contributed by atoms with Gasteiger partial charge in [-0.3, -0.25) is 4.79 Å². The van der Waals surface area contributed by atoms with Gasteiger partial charge in [-0.05, 0) is 68.8 Å². The number of aryl methyl sites for hydroxylation is 2. The van der Waals surface area contributed by atoms with Crippen LogP contribution in [0.3, 0.4) is 0 Å². The number of nitrogens with one attached hydrogen (secondary N) is 2. The molecule has 0 saturated heterocycles. The third kappa shape index (κ3) is 14.0. The number of nitrogens with two attached hydrogens (primary N) is 1. The smallest absolute Gasteiger partial charge is 0.338 e. The molecule has 6 nitrogen and oxygen atoms in total. The van der Waals surface area contributed by atoms with Crippen LogP contribution in [0.5, 0.6) is 0 Å². The van der Waals surface area contributed by atoms with Gasteiger partial charge in [0, 0.05) is 25.7 Å². The minimum atomic E-state index is -0.267. The van der Waals surface area contributed by atoms with Crippen LogP contribution < -0.4 is 16.4 Å². The van der Waals surface area contributed by atoms with E-state index in [4.69, 9.17) is 10.5 Å². The van der Waals surface area contributed by atoms with Gasteiger partial charge in [0.15, 0.2) is 0 Å². The summed E-state index contributed by atoms with van der Waals surface area (Å²) in [4.78, 5) is 23.4. The van der Waals surface area contributed by atoms with Gasteiger partial charge >= 0.3 is 5.97 Å². The first-order valence-electron chi connectivity index (χ1n) is 12.9. The lowest BCUT2D eigenvalue weighted by Crippen LogP contribution is -2.24. The average molecular weight is 520 g/mol. The van der Waals surface area contributed by atoms with Crippen LogP contribution in [0.4, 0.5) is 0 Å². The Kier molecular flexibility index (Phi) is 18.1. The molecule has 2 aromatic carbocycles. The van der Waals surface area contributed by atoms with E-state index < -0.39 is 0 Å². The lowest BCUT2D eigenvalue weighted by Gasteiger charge is -2.07. The highest BCUT2D eigenvalue weighted by Crippen LogP contribution is 2.13. The first-order chi connectivity index (χ1) is 18.2. The second-order valence-corrected chi connectivity index (χ2v) is 8.21. The number of hydrogen-bond acceptors (Lipinski definition) is 5. The van der Waals surface area contributed by atoms with E-state index in [1.165, 1.54) is 0 Å². The maximum atomic E-state index is 11.9. The van der Waals surface area contributed by atoms with E-state index in [0.29, 0.717) is 25.1 Å². The highest BCUT2D eigenvalue weighted by Gasteiger charge is 2.10. The fraction of sp³-hybridized carbons (Fsp3) is 0.312. The molecule has 1 amide bonds. The highest BCUT2D eigenvalue weighted by molar-refractivity contribution is 5.91. The fourth-order valence-corrected chi connectivity index (χ4v) is 3.04. The molecule has 0 heterocycles. The number of benzene rings is 2. The predicted molar refractivity (Wildman–Crippen MR) is 159 cm³/mol. The van der Waals surface area contributed by atoms with Crippen LogP contribution in [0.2, 0.25) is 0 Å². The highest BCUT2D eigenvalue weighted by atomic mass is 16.5. The molecule has 4 N–H and O–H groups in total. The molecule has 38 heavy (non-hydrogen) atoms. The van der Waals surface area contributed by atoms with Gasteiger partial charge in [0.25, 0.3) is 0 Å². The number of esters is 1. The van der Waals surface area contributed by atoms with Crippen molar-refractivity contribution in [2.75, 3.05) is 13.6 Å². The molecule has 6 heteroatoms. The largest absolute Gasteiger partial charge is 0.457 e. The van der Waals surface area contributed by atoms with Crippen molar-refractivity contribution in [3.63, 3.8) is 0 Å². The summed E-state index contributed by atoms with van der Waals surface area (Å²) < 4.78 is 5.30. The van der Waals surface area contributed by atoms with Crippen molar-refractivity contribution in [1.82, 2.24) is 10.6 Å².